The Labute approximate surface area is 199 Å². The molecule has 0 saturated carbocycles. The fourth-order valence-corrected chi connectivity index (χ4v) is 3.32. The fraction of sp³-hybridized carbons (Fsp3) is 0.619. The molecule has 0 saturated heterocycles. The maximum atomic E-state index is 13.2. The van der Waals surface area contributed by atoms with Crippen molar-refractivity contribution in [3.8, 4) is 0 Å². The number of halogens is 6. The molecule has 0 aromatic rings. The normalized spacial score (nSPS) is 15.9. The van der Waals surface area contributed by atoms with Gasteiger partial charge in [0.1, 0.15) is 5.60 Å². The Bertz CT molecular complexity index is 941. The third kappa shape index (κ3) is 11.3. The second kappa shape index (κ2) is 12.1. The van der Waals surface area contributed by atoms with Gasteiger partial charge >= 0.3 is 24.3 Å². The molecule has 1 unspecified atom stereocenters. The molecular weight excluding hydrogens is 510 g/mol. The largest absolute Gasteiger partial charge is 0.465 e. The van der Waals surface area contributed by atoms with E-state index in [9.17, 15) is 44.3 Å². The van der Waals surface area contributed by atoms with Crippen molar-refractivity contribution in [1.82, 2.24) is 0 Å². The van der Waals surface area contributed by atoms with E-state index < -0.39 is 75.4 Å². The molecule has 0 radical (unpaired) electrons. The maximum Gasteiger partial charge on any atom is 0.416 e. The molecule has 0 aromatic heterocycles. The van der Waals surface area contributed by atoms with E-state index in [1.54, 1.807) is 0 Å². The molecule has 202 valence electrons. The van der Waals surface area contributed by atoms with E-state index in [2.05, 4.69) is 6.58 Å². The van der Waals surface area contributed by atoms with Gasteiger partial charge < -0.3 is 9.47 Å². The Hall–Kier alpha value is -2.35. The van der Waals surface area contributed by atoms with Crippen molar-refractivity contribution >= 4 is 22.1 Å². The summed E-state index contributed by atoms with van der Waals surface area (Å²) in [7, 11) is -5.10. The summed E-state index contributed by atoms with van der Waals surface area (Å²) in [5, 5.41) is 0. The number of carbonyl (C=O) groups is 2. The topological polar surface area (TPSA) is 96.0 Å². The van der Waals surface area contributed by atoms with E-state index in [0.717, 1.165) is 13.0 Å². The zero-order valence-electron chi connectivity index (χ0n) is 19.8. The summed E-state index contributed by atoms with van der Waals surface area (Å²) < 4.78 is 117. The van der Waals surface area contributed by atoms with Crippen LogP contribution in [0.5, 0.6) is 0 Å². The molecule has 0 amide bonds. The Morgan fingerprint density at radius 2 is 1.51 bits per heavy atom. The van der Waals surface area contributed by atoms with E-state index in [1.807, 2.05) is 0 Å². The van der Waals surface area contributed by atoms with E-state index >= 15 is 0 Å². The van der Waals surface area contributed by atoms with Crippen LogP contribution in [0.15, 0.2) is 35.3 Å². The number of alkyl halides is 6. The highest BCUT2D eigenvalue weighted by molar-refractivity contribution is 7.90. The van der Waals surface area contributed by atoms with Crippen LogP contribution in [0.4, 0.5) is 26.3 Å². The average Bonchev–Trinajstić information content (AvgIpc) is 2.65. The Morgan fingerprint density at radius 1 is 0.971 bits per heavy atom. The van der Waals surface area contributed by atoms with E-state index in [4.69, 9.17) is 13.7 Å². The summed E-state index contributed by atoms with van der Waals surface area (Å²) in [6, 6.07) is 0. The van der Waals surface area contributed by atoms with Crippen molar-refractivity contribution in [2.75, 3.05) is 13.2 Å². The van der Waals surface area contributed by atoms with Gasteiger partial charge in [-0.2, -0.15) is 34.8 Å². The molecule has 0 rings (SSSR count). The first-order chi connectivity index (χ1) is 15.6. The van der Waals surface area contributed by atoms with Gasteiger partial charge in [-0.25, -0.2) is 0 Å². The van der Waals surface area contributed by atoms with Gasteiger partial charge in [0.05, 0.1) is 30.1 Å². The first kappa shape index (κ1) is 32.7. The number of hydrogen-bond acceptors (Lipinski definition) is 7. The van der Waals surface area contributed by atoms with Crippen molar-refractivity contribution in [3.05, 3.63) is 35.3 Å². The number of carbonyl (C=O) groups excluding carboxylic acids is 2. The summed E-state index contributed by atoms with van der Waals surface area (Å²) in [4.78, 5) is 23.9. The summed E-state index contributed by atoms with van der Waals surface area (Å²) in [6.07, 6.45) is -12.4. The summed E-state index contributed by atoms with van der Waals surface area (Å²) in [5.41, 5.74) is -5.34. The quantitative estimate of drug-likeness (QED) is 0.0897. The van der Waals surface area contributed by atoms with Crippen LogP contribution in [0.25, 0.3) is 0 Å². The molecule has 1 atom stereocenters. The van der Waals surface area contributed by atoms with Gasteiger partial charge in [-0.15, -0.1) is 6.58 Å². The zero-order chi connectivity index (χ0) is 27.9. The van der Waals surface area contributed by atoms with Crippen LogP contribution in [-0.2, 0) is 33.4 Å². The number of hydrogen-bond donors (Lipinski definition) is 0. The molecule has 0 aliphatic rings. The van der Waals surface area contributed by atoms with Gasteiger partial charge in [0.25, 0.3) is 10.1 Å². The lowest BCUT2D eigenvalue weighted by atomic mass is 9.92. The number of allylic oxidation sites excluding steroid dienone is 5. The minimum absolute atomic E-state index is 0.0298. The lowest BCUT2D eigenvalue weighted by Gasteiger charge is -2.29. The summed E-state index contributed by atoms with van der Waals surface area (Å²) in [5.74, 6) is -2.45. The highest BCUT2D eigenvalue weighted by atomic mass is 32.2. The molecule has 0 spiro atoms. The van der Waals surface area contributed by atoms with Gasteiger partial charge in [0.2, 0.25) is 0 Å². The minimum atomic E-state index is -5.33. The van der Waals surface area contributed by atoms with Gasteiger partial charge in [-0.1, -0.05) is 12.2 Å². The fourth-order valence-electron chi connectivity index (χ4n) is 2.18. The van der Waals surface area contributed by atoms with Crippen molar-refractivity contribution in [2.45, 2.75) is 65.4 Å². The SMILES string of the molecule is C=CCC(=CC(=CCC(F)(F)F)C(F)(F)F)S(=O)(=O)OCC(C)(C(=O)OCC)C(=O)OC(C)(C)C. The smallest absolute Gasteiger partial charge is 0.416 e. The zero-order valence-corrected chi connectivity index (χ0v) is 20.6. The van der Waals surface area contributed by atoms with Gasteiger partial charge in [-0.3, -0.25) is 13.8 Å². The summed E-state index contributed by atoms with van der Waals surface area (Å²) in [6.45, 7) is 8.54. The lowest BCUT2D eigenvalue weighted by Crippen LogP contribution is -2.46. The van der Waals surface area contributed by atoms with Crippen LogP contribution >= 0.6 is 0 Å². The first-order valence-electron chi connectivity index (χ1n) is 10.0. The Kier molecular flexibility index (Phi) is 11.3. The van der Waals surface area contributed by atoms with E-state index in [0.29, 0.717) is 0 Å². The predicted octanol–water partition coefficient (Wildman–Crippen LogP) is 5.15. The van der Waals surface area contributed by atoms with Gasteiger partial charge in [0.15, 0.2) is 5.41 Å². The van der Waals surface area contributed by atoms with Crippen LogP contribution in [0, 0.1) is 5.41 Å². The molecule has 7 nitrogen and oxygen atoms in total. The second-order valence-corrected chi connectivity index (χ2v) is 10.0. The van der Waals surface area contributed by atoms with Crippen LogP contribution < -0.4 is 0 Å². The number of ether oxygens (including phenoxy) is 2. The van der Waals surface area contributed by atoms with Crippen LogP contribution in [0.1, 0.15) is 47.5 Å². The minimum Gasteiger partial charge on any atom is -0.465 e. The maximum absolute atomic E-state index is 13.2. The third-order valence-corrected chi connectivity index (χ3v) is 5.30. The molecule has 0 aromatic carbocycles. The highest BCUT2D eigenvalue weighted by Crippen LogP contribution is 2.33. The third-order valence-electron chi connectivity index (χ3n) is 3.94. The summed E-state index contributed by atoms with van der Waals surface area (Å²) >= 11 is 0. The molecular formula is C21H28F6O7S. The van der Waals surface area contributed by atoms with E-state index in [-0.39, 0.29) is 18.8 Å². The molecule has 35 heavy (non-hydrogen) atoms. The molecule has 0 heterocycles. The average molecular weight is 539 g/mol. The Morgan fingerprint density at radius 3 is 1.91 bits per heavy atom. The monoisotopic (exact) mass is 538 g/mol. The van der Waals surface area contributed by atoms with Crippen molar-refractivity contribution in [2.24, 2.45) is 5.41 Å². The van der Waals surface area contributed by atoms with Crippen LogP contribution in [0.3, 0.4) is 0 Å². The molecule has 0 bridgehead atoms. The predicted molar refractivity (Wildman–Crippen MR) is 113 cm³/mol. The standard InChI is InChI=1S/C21H28F6O7S/c1-7-9-15(12-14(21(25,26)27)10-11-20(22,23)24)35(30,31)33-13-19(6,16(28)32-8-2)17(29)34-18(3,4)5/h7,10,12H,1,8-9,11,13H2,2-6H3. The molecule has 0 fully saturated rings. The lowest BCUT2D eigenvalue weighted by molar-refractivity contribution is -0.180. The van der Waals surface area contributed by atoms with Gasteiger partial charge in [-0.05, 0) is 40.7 Å². The van der Waals surface area contributed by atoms with Crippen LogP contribution in [0.2, 0.25) is 0 Å². The van der Waals surface area contributed by atoms with Crippen molar-refractivity contribution < 1.29 is 58.0 Å². The van der Waals surface area contributed by atoms with E-state index in [1.165, 1.54) is 27.7 Å². The van der Waals surface area contributed by atoms with Crippen LogP contribution in [-0.4, -0.2) is 51.5 Å². The first-order valence-corrected chi connectivity index (χ1v) is 11.5. The van der Waals surface area contributed by atoms with Crippen molar-refractivity contribution in [1.29, 1.82) is 0 Å². The second-order valence-electron chi connectivity index (χ2n) is 8.35. The van der Waals surface area contributed by atoms with Crippen molar-refractivity contribution in [3.63, 3.8) is 0 Å². The molecule has 0 aliphatic heterocycles. The number of esters is 2. The molecule has 14 heteroatoms. The number of rotatable bonds is 11. The molecule has 0 N–H and O–H groups in total. The molecule has 0 aliphatic carbocycles. The Balaban J connectivity index is 6.32. The van der Waals surface area contributed by atoms with Gasteiger partial charge in [0, 0.05) is 6.42 Å². The highest BCUT2D eigenvalue weighted by Gasteiger charge is 2.47.